The van der Waals surface area contributed by atoms with Crippen molar-refractivity contribution in [2.24, 2.45) is 0 Å². The van der Waals surface area contributed by atoms with Crippen molar-refractivity contribution in [3.8, 4) is 0 Å². The first-order valence-corrected chi connectivity index (χ1v) is 8.76. The van der Waals surface area contributed by atoms with Crippen LogP contribution in [-0.4, -0.2) is 23.3 Å². The molecule has 0 atom stereocenters. The predicted octanol–water partition coefficient (Wildman–Crippen LogP) is 4.27. The number of benzene rings is 2. The quantitative estimate of drug-likeness (QED) is 0.754. The van der Waals surface area contributed by atoms with Crippen molar-refractivity contribution >= 4 is 45.7 Å². The monoisotopic (exact) mass is 365 g/mol. The molecule has 2 heterocycles. The summed E-state index contributed by atoms with van der Waals surface area (Å²) in [5.74, 6) is -0.241. The highest BCUT2D eigenvalue weighted by Gasteiger charge is 2.24. The van der Waals surface area contributed by atoms with Gasteiger partial charge >= 0.3 is 0 Å². The van der Waals surface area contributed by atoms with Crippen LogP contribution in [0.2, 0.25) is 5.02 Å². The fourth-order valence-electron chi connectivity index (χ4n) is 3.11. The molecule has 3 aromatic rings. The third-order valence-electron chi connectivity index (χ3n) is 4.42. The maximum Gasteiger partial charge on any atom is 0.255 e. The summed E-state index contributed by atoms with van der Waals surface area (Å²) >= 11 is 6.24. The van der Waals surface area contributed by atoms with E-state index in [4.69, 9.17) is 11.6 Å². The average Bonchev–Trinajstić information content (AvgIpc) is 3.07. The van der Waals surface area contributed by atoms with Crippen LogP contribution in [0.1, 0.15) is 23.2 Å². The number of amides is 2. The van der Waals surface area contributed by atoms with Gasteiger partial charge in [0.15, 0.2) is 0 Å². The van der Waals surface area contributed by atoms with Gasteiger partial charge in [0.05, 0.1) is 28.1 Å². The number of rotatable bonds is 3. The van der Waals surface area contributed by atoms with Crippen molar-refractivity contribution in [3.05, 3.63) is 65.3 Å². The molecular weight excluding hydrogens is 350 g/mol. The molecule has 0 unspecified atom stereocenters. The number of carbonyl (C=O) groups is 2. The summed E-state index contributed by atoms with van der Waals surface area (Å²) in [6.45, 7) is 0.623. The topological polar surface area (TPSA) is 62.3 Å². The first kappa shape index (κ1) is 16.5. The summed E-state index contributed by atoms with van der Waals surface area (Å²) in [6.07, 6.45) is 2.94. The Balaban J connectivity index is 1.60. The number of nitrogens with one attached hydrogen (secondary N) is 1. The number of aromatic nitrogens is 1. The van der Waals surface area contributed by atoms with E-state index in [0.717, 1.165) is 17.3 Å². The molecule has 1 aromatic heterocycles. The molecule has 4 rings (SSSR count). The van der Waals surface area contributed by atoms with Crippen LogP contribution in [0.15, 0.2) is 54.7 Å². The molecule has 1 aliphatic heterocycles. The summed E-state index contributed by atoms with van der Waals surface area (Å²) in [6, 6.07) is 14.5. The molecule has 2 amide bonds. The van der Waals surface area contributed by atoms with E-state index in [0.29, 0.717) is 34.9 Å². The third-order valence-corrected chi connectivity index (χ3v) is 4.74. The van der Waals surface area contributed by atoms with Gasteiger partial charge in [0, 0.05) is 23.9 Å². The highest BCUT2D eigenvalue weighted by Crippen LogP contribution is 2.30. The van der Waals surface area contributed by atoms with Gasteiger partial charge in [-0.05, 0) is 36.8 Å². The molecule has 0 spiro atoms. The molecule has 130 valence electrons. The van der Waals surface area contributed by atoms with E-state index in [1.165, 1.54) is 0 Å². The molecular formula is C20H16ClN3O2. The van der Waals surface area contributed by atoms with E-state index < -0.39 is 0 Å². The van der Waals surface area contributed by atoms with Crippen molar-refractivity contribution in [2.75, 3.05) is 16.8 Å². The molecule has 1 saturated heterocycles. The summed E-state index contributed by atoms with van der Waals surface area (Å²) < 4.78 is 0. The minimum atomic E-state index is -0.272. The highest BCUT2D eigenvalue weighted by atomic mass is 35.5. The smallest absolute Gasteiger partial charge is 0.255 e. The maximum absolute atomic E-state index is 12.6. The largest absolute Gasteiger partial charge is 0.321 e. The average molecular weight is 366 g/mol. The Bertz CT molecular complexity index is 1020. The summed E-state index contributed by atoms with van der Waals surface area (Å²) in [4.78, 5) is 30.6. The lowest BCUT2D eigenvalue weighted by atomic mass is 10.1. The second-order valence-electron chi connectivity index (χ2n) is 6.19. The lowest BCUT2D eigenvalue weighted by Gasteiger charge is -2.18. The van der Waals surface area contributed by atoms with Crippen molar-refractivity contribution in [1.29, 1.82) is 0 Å². The van der Waals surface area contributed by atoms with Crippen molar-refractivity contribution in [3.63, 3.8) is 0 Å². The Morgan fingerprint density at radius 2 is 2.00 bits per heavy atom. The molecule has 26 heavy (non-hydrogen) atoms. The Morgan fingerprint density at radius 3 is 2.81 bits per heavy atom. The van der Waals surface area contributed by atoms with E-state index in [-0.39, 0.29) is 11.8 Å². The van der Waals surface area contributed by atoms with Crippen LogP contribution in [0.5, 0.6) is 0 Å². The Morgan fingerprint density at radius 1 is 1.15 bits per heavy atom. The molecule has 1 N–H and O–H groups in total. The molecule has 0 bridgehead atoms. The van der Waals surface area contributed by atoms with Crippen LogP contribution in [-0.2, 0) is 4.79 Å². The summed E-state index contributed by atoms with van der Waals surface area (Å²) in [5.41, 5.74) is 2.50. The van der Waals surface area contributed by atoms with Gasteiger partial charge in [0.2, 0.25) is 5.91 Å². The number of hydrogen-bond acceptors (Lipinski definition) is 3. The highest BCUT2D eigenvalue weighted by molar-refractivity contribution is 6.34. The second-order valence-corrected chi connectivity index (χ2v) is 6.59. The zero-order valence-electron chi connectivity index (χ0n) is 13.9. The van der Waals surface area contributed by atoms with E-state index in [9.17, 15) is 9.59 Å². The molecule has 6 heteroatoms. The Labute approximate surface area is 155 Å². The normalized spacial score (nSPS) is 14.0. The number of pyridine rings is 1. The van der Waals surface area contributed by atoms with Crippen LogP contribution >= 0.6 is 11.6 Å². The van der Waals surface area contributed by atoms with Gasteiger partial charge < -0.3 is 10.2 Å². The third kappa shape index (κ3) is 3.13. The van der Waals surface area contributed by atoms with Crippen LogP contribution in [0.3, 0.4) is 0 Å². The molecule has 5 nitrogen and oxygen atoms in total. The van der Waals surface area contributed by atoms with E-state index in [1.54, 1.807) is 29.3 Å². The number of fused-ring (bicyclic) bond motifs is 1. The minimum Gasteiger partial charge on any atom is -0.321 e. The lowest BCUT2D eigenvalue weighted by Crippen LogP contribution is -2.24. The van der Waals surface area contributed by atoms with Crippen LogP contribution in [0, 0.1) is 0 Å². The zero-order chi connectivity index (χ0) is 18.1. The van der Waals surface area contributed by atoms with Gasteiger partial charge in [-0.15, -0.1) is 0 Å². The Hall–Kier alpha value is -2.92. The van der Waals surface area contributed by atoms with Gasteiger partial charge in [-0.2, -0.15) is 0 Å². The number of para-hydroxylation sites is 1. The molecule has 0 saturated carbocycles. The van der Waals surface area contributed by atoms with Crippen LogP contribution in [0.4, 0.5) is 11.4 Å². The van der Waals surface area contributed by atoms with Crippen molar-refractivity contribution < 1.29 is 9.59 Å². The van der Waals surface area contributed by atoms with Gasteiger partial charge in [0.1, 0.15) is 0 Å². The molecule has 2 aromatic carbocycles. The fourth-order valence-corrected chi connectivity index (χ4v) is 3.33. The zero-order valence-corrected chi connectivity index (χ0v) is 14.7. The van der Waals surface area contributed by atoms with E-state index in [1.807, 2.05) is 30.3 Å². The van der Waals surface area contributed by atoms with E-state index in [2.05, 4.69) is 10.3 Å². The summed E-state index contributed by atoms with van der Waals surface area (Å²) in [7, 11) is 0. The number of carbonyl (C=O) groups excluding carboxylic acids is 2. The number of anilines is 2. The van der Waals surface area contributed by atoms with Gasteiger partial charge in [-0.3, -0.25) is 14.6 Å². The first-order valence-electron chi connectivity index (χ1n) is 8.38. The molecule has 1 aliphatic rings. The molecule has 0 radical (unpaired) electrons. The standard InChI is InChI=1S/C20H16ClN3O2/c21-16-8-7-14(11-18(16)24-9-3-6-19(24)25)20(26)23-15-10-13-4-1-2-5-17(13)22-12-15/h1-2,4-5,7-8,10-12H,3,6,9H2,(H,23,26). The second kappa shape index (κ2) is 6.77. The van der Waals surface area contributed by atoms with Gasteiger partial charge in [-0.1, -0.05) is 29.8 Å². The summed E-state index contributed by atoms with van der Waals surface area (Å²) in [5, 5.41) is 4.26. The SMILES string of the molecule is O=C(Nc1cnc2ccccc2c1)c1ccc(Cl)c(N2CCCC2=O)c1. The molecule has 0 aliphatic carbocycles. The number of halogens is 1. The number of hydrogen-bond donors (Lipinski definition) is 1. The number of nitrogens with zero attached hydrogens (tertiary/aromatic N) is 2. The Kier molecular flexibility index (Phi) is 4.31. The molecule has 1 fully saturated rings. The van der Waals surface area contributed by atoms with Gasteiger partial charge in [0.25, 0.3) is 5.91 Å². The predicted molar refractivity (Wildman–Crippen MR) is 103 cm³/mol. The van der Waals surface area contributed by atoms with Crippen molar-refractivity contribution in [1.82, 2.24) is 4.98 Å². The fraction of sp³-hybridized carbons (Fsp3) is 0.150. The first-order chi connectivity index (χ1) is 12.6. The van der Waals surface area contributed by atoms with Gasteiger partial charge in [-0.25, -0.2) is 0 Å². The minimum absolute atomic E-state index is 0.0307. The maximum atomic E-state index is 12.6. The van der Waals surface area contributed by atoms with Crippen LogP contribution < -0.4 is 10.2 Å². The lowest BCUT2D eigenvalue weighted by molar-refractivity contribution is -0.117. The van der Waals surface area contributed by atoms with Crippen molar-refractivity contribution in [2.45, 2.75) is 12.8 Å². The van der Waals surface area contributed by atoms with E-state index >= 15 is 0 Å². The van der Waals surface area contributed by atoms with Crippen LogP contribution in [0.25, 0.3) is 10.9 Å².